The van der Waals surface area contributed by atoms with Gasteiger partial charge in [0.15, 0.2) is 0 Å². The SMILES string of the molecule is C=CCC(CCOCNC(=O)O)Cc1ccc(Cl)cc1. The van der Waals surface area contributed by atoms with Gasteiger partial charge in [0.25, 0.3) is 0 Å². The van der Waals surface area contributed by atoms with Gasteiger partial charge in [-0.1, -0.05) is 29.8 Å². The van der Waals surface area contributed by atoms with E-state index in [2.05, 4.69) is 11.9 Å². The van der Waals surface area contributed by atoms with Gasteiger partial charge in [-0.15, -0.1) is 6.58 Å². The van der Waals surface area contributed by atoms with Crippen LogP contribution in [-0.4, -0.2) is 24.5 Å². The molecule has 1 rings (SSSR count). The Labute approximate surface area is 124 Å². The summed E-state index contributed by atoms with van der Waals surface area (Å²) < 4.78 is 5.23. The molecule has 1 aromatic carbocycles. The number of nitrogens with one attached hydrogen (secondary N) is 1. The van der Waals surface area contributed by atoms with E-state index in [0.717, 1.165) is 24.3 Å². The number of halogens is 1. The molecular formula is C15H20ClNO3. The number of carbonyl (C=O) groups is 1. The van der Waals surface area contributed by atoms with Crippen LogP contribution in [0.4, 0.5) is 4.79 Å². The molecule has 1 atom stereocenters. The third-order valence-electron chi connectivity index (χ3n) is 2.93. The van der Waals surface area contributed by atoms with Crippen LogP contribution in [-0.2, 0) is 11.2 Å². The summed E-state index contributed by atoms with van der Waals surface area (Å²) in [6.07, 6.45) is 3.51. The summed E-state index contributed by atoms with van der Waals surface area (Å²) in [7, 11) is 0. The average Bonchev–Trinajstić information content (AvgIpc) is 2.40. The van der Waals surface area contributed by atoms with Gasteiger partial charge in [-0.3, -0.25) is 5.32 Å². The minimum absolute atomic E-state index is 0.0249. The normalized spacial score (nSPS) is 11.8. The zero-order valence-electron chi connectivity index (χ0n) is 11.3. The van der Waals surface area contributed by atoms with Crippen LogP contribution in [0.2, 0.25) is 5.02 Å². The van der Waals surface area contributed by atoms with E-state index in [9.17, 15) is 4.79 Å². The standard InChI is InChI=1S/C15H20ClNO3/c1-2-3-12(8-9-20-11-17-15(18)19)10-13-4-6-14(16)7-5-13/h2,4-7,12,17H,1,3,8-11H2,(H,18,19). The monoisotopic (exact) mass is 297 g/mol. The maximum atomic E-state index is 10.3. The van der Waals surface area contributed by atoms with E-state index in [1.165, 1.54) is 5.56 Å². The molecule has 110 valence electrons. The maximum absolute atomic E-state index is 10.3. The molecule has 0 aliphatic rings. The van der Waals surface area contributed by atoms with E-state index in [0.29, 0.717) is 12.5 Å². The number of allylic oxidation sites excluding steroid dienone is 1. The van der Waals surface area contributed by atoms with Crippen molar-refractivity contribution in [2.45, 2.75) is 19.3 Å². The highest BCUT2D eigenvalue weighted by Gasteiger charge is 2.08. The minimum Gasteiger partial charge on any atom is -0.465 e. The van der Waals surface area contributed by atoms with Crippen LogP contribution in [0.25, 0.3) is 0 Å². The Bertz CT molecular complexity index is 420. The molecule has 0 saturated heterocycles. The number of amides is 1. The molecule has 0 aliphatic heterocycles. The molecule has 0 fully saturated rings. The predicted molar refractivity (Wildman–Crippen MR) is 80.1 cm³/mol. The molecular weight excluding hydrogens is 278 g/mol. The van der Waals surface area contributed by atoms with E-state index in [-0.39, 0.29) is 6.73 Å². The summed E-state index contributed by atoms with van der Waals surface area (Å²) in [6, 6.07) is 7.81. The quantitative estimate of drug-likeness (QED) is 0.415. The van der Waals surface area contributed by atoms with Crippen LogP contribution in [0, 0.1) is 5.92 Å². The summed E-state index contributed by atoms with van der Waals surface area (Å²) in [5.41, 5.74) is 1.23. The summed E-state index contributed by atoms with van der Waals surface area (Å²) in [6.45, 7) is 4.32. The lowest BCUT2D eigenvalue weighted by atomic mass is 9.93. The van der Waals surface area contributed by atoms with Crippen molar-refractivity contribution < 1.29 is 14.6 Å². The van der Waals surface area contributed by atoms with Crippen LogP contribution in [0.15, 0.2) is 36.9 Å². The van der Waals surface area contributed by atoms with E-state index < -0.39 is 6.09 Å². The summed E-state index contributed by atoms with van der Waals surface area (Å²) in [5, 5.41) is 11.3. The molecule has 4 nitrogen and oxygen atoms in total. The number of hydrogen-bond donors (Lipinski definition) is 2. The Kier molecular flexibility index (Phi) is 7.77. The van der Waals surface area contributed by atoms with Crippen LogP contribution in [0.5, 0.6) is 0 Å². The van der Waals surface area contributed by atoms with Crippen molar-refractivity contribution in [3.05, 3.63) is 47.5 Å². The smallest absolute Gasteiger partial charge is 0.406 e. The zero-order valence-corrected chi connectivity index (χ0v) is 12.1. The first kappa shape index (κ1) is 16.5. The largest absolute Gasteiger partial charge is 0.465 e. The van der Waals surface area contributed by atoms with Crippen LogP contribution >= 0.6 is 11.6 Å². The molecule has 20 heavy (non-hydrogen) atoms. The fourth-order valence-corrected chi connectivity index (χ4v) is 2.05. The van der Waals surface area contributed by atoms with E-state index >= 15 is 0 Å². The minimum atomic E-state index is -1.08. The average molecular weight is 298 g/mol. The maximum Gasteiger partial charge on any atom is 0.406 e. The van der Waals surface area contributed by atoms with Gasteiger partial charge in [-0.25, -0.2) is 4.79 Å². The molecule has 1 amide bonds. The van der Waals surface area contributed by atoms with E-state index in [4.69, 9.17) is 21.4 Å². The molecule has 0 spiro atoms. The summed E-state index contributed by atoms with van der Waals surface area (Å²) in [4.78, 5) is 10.3. The second-order valence-electron chi connectivity index (χ2n) is 4.54. The van der Waals surface area contributed by atoms with Gasteiger partial charge in [0, 0.05) is 11.6 Å². The van der Waals surface area contributed by atoms with E-state index in [1.54, 1.807) is 0 Å². The van der Waals surface area contributed by atoms with Gasteiger partial charge in [0.2, 0.25) is 0 Å². The van der Waals surface area contributed by atoms with Gasteiger partial charge in [0.05, 0.1) is 0 Å². The number of hydrogen-bond acceptors (Lipinski definition) is 2. The van der Waals surface area contributed by atoms with Gasteiger partial charge in [-0.05, 0) is 42.9 Å². The van der Waals surface area contributed by atoms with Crippen molar-refractivity contribution in [2.24, 2.45) is 5.92 Å². The third-order valence-corrected chi connectivity index (χ3v) is 3.19. The Morgan fingerprint density at radius 2 is 2.15 bits per heavy atom. The van der Waals surface area contributed by atoms with Gasteiger partial charge in [-0.2, -0.15) is 0 Å². The van der Waals surface area contributed by atoms with Gasteiger partial charge >= 0.3 is 6.09 Å². The van der Waals surface area contributed by atoms with Gasteiger partial charge < -0.3 is 9.84 Å². The van der Waals surface area contributed by atoms with Crippen molar-refractivity contribution in [3.8, 4) is 0 Å². The topological polar surface area (TPSA) is 58.6 Å². The lowest BCUT2D eigenvalue weighted by molar-refractivity contribution is 0.0995. The van der Waals surface area contributed by atoms with Gasteiger partial charge in [0.1, 0.15) is 6.73 Å². The molecule has 1 aromatic rings. The second kappa shape index (κ2) is 9.39. The van der Waals surface area contributed by atoms with E-state index in [1.807, 2.05) is 30.3 Å². The highest BCUT2D eigenvalue weighted by atomic mass is 35.5. The van der Waals surface area contributed by atoms with Crippen LogP contribution < -0.4 is 5.32 Å². The van der Waals surface area contributed by atoms with Crippen molar-refractivity contribution in [1.29, 1.82) is 0 Å². The Hall–Kier alpha value is -1.52. The fraction of sp³-hybridized carbons (Fsp3) is 0.400. The molecule has 0 bridgehead atoms. The molecule has 2 N–H and O–H groups in total. The van der Waals surface area contributed by atoms with Crippen LogP contribution in [0.1, 0.15) is 18.4 Å². The number of benzene rings is 1. The summed E-state index contributed by atoms with van der Waals surface area (Å²) in [5.74, 6) is 0.429. The first-order valence-electron chi connectivity index (χ1n) is 6.51. The Morgan fingerprint density at radius 3 is 2.75 bits per heavy atom. The molecule has 0 radical (unpaired) electrons. The predicted octanol–water partition coefficient (Wildman–Crippen LogP) is 3.71. The first-order chi connectivity index (χ1) is 9.61. The Morgan fingerprint density at radius 1 is 1.45 bits per heavy atom. The molecule has 0 aromatic heterocycles. The van der Waals surface area contributed by atoms with Crippen molar-refractivity contribution in [3.63, 3.8) is 0 Å². The molecule has 0 aliphatic carbocycles. The van der Waals surface area contributed by atoms with Crippen molar-refractivity contribution in [2.75, 3.05) is 13.3 Å². The number of carboxylic acid groups (broad SMARTS) is 1. The lowest BCUT2D eigenvalue weighted by Crippen LogP contribution is -2.24. The Balaban J connectivity index is 2.34. The third kappa shape index (κ3) is 7.16. The molecule has 0 heterocycles. The number of ether oxygens (including phenoxy) is 1. The van der Waals surface area contributed by atoms with Crippen molar-refractivity contribution in [1.82, 2.24) is 5.32 Å². The fourth-order valence-electron chi connectivity index (χ4n) is 1.93. The number of rotatable bonds is 9. The molecule has 0 saturated carbocycles. The second-order valence-corrected chi connectivity index (χ2v) is 4.98. The van der Waals surface area contributed by atoms with Crippen LogP contribution in [0.3, 0.4) is 0 Å². The lowest BCUT2D eigenvalue weighted by Gasteiger charge is -2.15. The zero-order chi connectivity index (χ0) is 14.8. The summed E-state index contributed by atoms with van der Waals surface area (Å²) >= 11 is 5.86. The molecule has 5 heteroatoms. The highest BCUT2D eigenvalue weighted by Crippen LogP contribution is 2.18. The highest BCUT2D eigenvalue weighted by molar-refractivity contribution is 6.30. The first-order valence-corrected chi connectivity index (χ1v) is 6.89. The molecule has 1 unspecified atom stereocenters. The van der Waals surface area contributed by atoms with Crippen molar-refractivity contribution >= 4 is 17.7 Å².